The van der Waals surface area contributed by atoms with Crippen LogP contribution >= 0.6 is 0 Å². The van der Waals surface area contributed by atoms with E-state index in [9.17, 15) is 9.90 Å². The Kier molecular flexibility index (Phi) is 4.61. The van der Waals surface area contributed by atoms with Crippen LogP contribution < -0.4 is 5.63 Å². The van der Waals surface area contributed by atoms with E-state index in [1.54, 1.807) is 12.1 Å². The molecule has 1 N–H and O–H groups in total. The van der Waals surface area contributed by atoms with Gasteiger partial charge in [-0.2, -0.15) is 0 Å². The zero-order chi connectivity index (χ0) is 13.7. The third-order valence-electron chi connectivity index (χ3n) is 3.36. The zero-order valence-electron chi connectivity index (χ0n) is 11.3. The smallest absolute Gasteiger partial charge is 0.336 e. The van der Waals surface area contributed by atoms with Gasteiger partial charge in [-0.1, -0.05) is 32.6 Å². The first-order chi connectivity index (χ1) is 9.20. The average molecular weight is 260 g/mol. The van der Waals surface area contributed by atoms with Gasteiger partial charge in [0.2, 0.25) is 0 Å². The summed E-state index contributed by atoms with van der Waals surface area (Å²) < 4.78 is 5.11. The first kappa shape index (κ1) is 13.7. The lowest BCUT2D eigenvalue weighted by molar-refractivity contribution is 0.473. The van der Waals surface area contributed by atoms with Crippen LogP contribution in [-0.4, -0.2) is 5.11 Å². The maximum absolute atomic E-state index is 11.5. The van der Waals surface area contributed by atoms with E-state index in [4.69, 9.17) is 4.42 Å². The fourth-order valence-electron chi connectivity index (χ4n) is 2.34. The number of rotatable bonds is 6. The molecule has 0 aliphatic carbocycles. The highest BCUT2D eigenvalue weighted by atomic mass is 16.4. The highest BCUT2D eigenvalue weighted by molar-refractivity contribution is 5.81. The van der Waals surface area contributed by atoms with Gasteiger partial charge in [0.15, 0.2) is 0 Å². The minimum absolute atomic E-state index is 0.121. The molecule has 2 rings (SSSR count). The number of unbranched alkanes of at least 4 members (excludes halogenated alkanes) is 4. The predicted octanol–water partition coefficient (Wildman–Crippen LogP) is 4.01. The summed E-state index contributed by atoms with van der Waals surface area (Å²) >= 11 is 0. The van der Waals surface area contributed by atoms with Crippen molar-refractivity contribution in [2.75, 3.05) is 0 Å². The third-order valence-corrected chi connectivity index (χ3v) is 3.36. The summed E-state index contributed by atoms with van der Waals surface area (Å²) in [6, 6.07) is 6.51. The molecular weight excluding hydrogens is 240 g/mol. The van der Waals surface area contributed by atoms with Gasteiger partial charge >= 0.3 is 5.63 Å². The maximum Gasteiger partial charge on any atom is 0.336 e. The fourth-order valence-corrected chi connectivity index (χ4v) is 2.34. The number of phenolic OH excluding ortho intramolecular Hbond substituents is 1. The van der Waals surface area contributed by atoms with Gasteiger partial charge in [-0.3, -0.25) is 0 Å². The van der Waals surface area contributed by atoms with Crippen molar-refractivity contribution in [3.8, 4) is 5.75 Å². The van der Waals surface area contributed by atoms with Crippen LogP contribution in [0.5, 0.6) is 5.75 Å². The van der Waals surface area contributed by atoms with Crippen LogP contribution in [0.15, 0.2) is 33.5 Å². The molecule has 102 valence electrons. The summed E-state index contributed by atoms with van der Waals surface area (Å²) in [4.78, 5) is 11.5. The van der Waals surface area contributed by atoms with Crippen LogP contribution in [0.2, 0.25) is 0 Å². The second-order valence-electron chi connectivity index (χ2n) is 4.94. The van der Waals surface area contributed by atoms with Crippen molar-refractivity contribution >= 4 is 11.0 Å². The lowest BCUT2D eigenvalue weighted by Gasteiger charge is -2.05. The molecular formula is C16H20O3. The zero-order valence-corrected chi connectivity index (χ0v) is 11.3. The summed E-state index contributed by atoms with van der Waals surface area (Å²) in [5.74, 6) is 0.121. The molecule has 2 aromatic rings. The molecule has 1 aromatic heterocycles. The minimum atomic E-state index is -0.346. The summed E-state index contributed by atoms with van der Waals surface area (Å²) in [6.07, 6.45) is 6.91. The summed E-state index contributed by atoms with van der Waals surface area (Å²) in [5.41, 5.74) is 1.14. The fraction of sp³-hybridized carbons (Fsp3) is 0.438. The number of hydrogen-bond acceptors (Lipinski definition) is 3. The quantitative estimate of drug-likeness (QED) is 0.630. The lowest BCUT2D eigenvalue weighted by Crippen LogP contribution is -2.00. The minimum Gasteiger partial charge on any atom is -0.508 e. The van der Waals surface area contributed by atoms with Gasteiger partial charge < -0.3 is 9.52 Å². The van der Waals surface area contributed by atoms with E-state index in [0.717, 1.165) is 23.8 Å². The van der Waals surface area contributed by atoms with E-state index >= 15 is 0 Å². The van der Waals surface area contributed by atoms with Crippen LogP contribution in [0.4, 0.5) is 0 Å². The standard InChI is InChI=1S/C16H20O3/c1-2-3-4-5-6-7-12-10-16(18)19-15-11-13(17)8-9-14(12)15/h8-11,17H,2-7H2,1H3. The van der Waals surface area contributed by atoms with Gasteiger partial charge in [0.05, 0.1) is 0 Å². The van der Waals surface area contributed by atoms with Gasteiger partial charge in [-0.15, -0.1) is 0 Å². The molecule has 1 aromatic carbocycles. The molecule has 0 aliphatic rings. The molecule has 0 saturated carbocycles. The van der Waals surface area contributed by atoms with Gasteiger partial charge in [0.25, 0.3) is 0 Å². The number of fused-ring (bicyclic) bond motifs is 1. The first-order valence-electron chi connectivity index (χ1n) is 6.96. The second kappa shape index (κ2) is 6.41. The van der Waals surface area contributed by atoms with Crippen molar-refractivity contribution in [3.05, 3.63) is 40.2 Å². The Morgan fingerprint density at radius 2 is 1.89 bits per heavy atom. The Balaban J connectivity index is 2.15. The number of benzene rings is 1. The summed E-state index contributed by atoms with van der Waals surface area (Å²) in [6.45, 7) is 2.20. The van der Waals surface area contributed by atoms with Crippen molar-refractivity contribution in [2.45, 2.75) is 45.4 Å². The molecule has 19 heavy (non-hydrogen) atoms. The molecule has 0 fully saturated rings. The molecule has 3 heteroatoms. The van der Waals surface area contributed by atoms with Gasteiger partial charge in [-0.25, -0.2) is 4.79 Å². The average Bonchev–Trinajstić information content (AvgIpc) is 2.37. The molecule has 0 radical (unpaired) electrons. The van der Waals surface area contributed by atoms with E-state index in [1.807, 2.05) is 6.07 Å². The van der Waals surface area contributed by atoms with E-state index < -0.39 is 0 Å². The van der Waals surface area contributed by atoms with E-state index in [0.29, 0.717) is 5.58 Å². The molecule has 1 heterocycles. The number of phenols is 1. The Morgan fingerprint density at radius 3 is 2.68 bits per heavy atom. The van der Waals surface area contributed by atoms with Crippen molar-refractivity contribution in [1.29, 1.82) is 0 Å². The van der Waals surface area contributed by atoms with Crippen molar-refractivity contribution in [2.24, 2.45) is 0 Å². The number of aromatic hydroxyl groups is 1. The Bertz CT molecular complexity index is 598. The second-order valence-corrected chi connectivity index (χ2v) is 4.94. The van der Waals surface area contributed by atoms with Gasteiger partial charge in [-0.05, 0) is 30.5 Å². The molecule has 0 atom stereocenters. The third kappa shape index (κ3) is 3.60. The van der Waals surface area contributed by atoms with E-state index in [-0.39, 0.29) is 11.4 Å². The highest BCUT2D eigenvalue weighted by Gasteiger charge is 2.06. The van der Waals surface area contributed by atoms with Crippen LogP contribution in [0.25, 0.3) is 11.0 Å². The van der Waals surface area contributed by atoms with Gasteiger partial charge in [0.1, 0.15) is 11.3 Å². The SMILES string of the molecule is CCCCCCCc1cc(=O)oc2cc(O)ccc12. The first-order valence-corrected chi connectivity index (χ1v) is 6.96. The van der Waals surface area contributed by atoms with Gasteiger partial charge in [0, 0.05) is 17.5 Å². The van der Waals surface area contributed by atoms with E-state index in [1.165, 1.54) is 31.7 Å². The summed E-state index contributed by atoms with van der Waals surface area (Å²) in [5, 5.41) is 10.3. The molecule has 3 nitrogen and oxygen atoms in total. The predicted molar refractivity (Wildman–Crippen MR) is 76.6 cm³/mol. The highest BCUT2D eigenvalue weighted by Crippen LogP contribution is 2.23. The van der Waals surface area contributed by atoms with Crippen molar-refractivity contribution < 1.29 is 9.52 Å². The molecule has 0 spiro atoms. The van der Waals surface area contributed by atoms with Crippen LogP contribution in [0.1, 0.15) is 44.6 Å². The molecule has 0 bridgehead atoms. The van der Waals surface area contributed by atoms with E-state index in [2.05, 4.69) is 6.92 Å². The molecule has 0 amide bonds. The maximum atomic E-state index is 11.5. The number of aryl methyl sites for hydroxylation is 1. The normalized spacial score (nSPS) is 11.0. The Labute approximate surface area is 112 Å². The summed E-state index contributed by atoms with van der Waals surface area (Å²) in [7, 11) is 0. The van der Waals surface area contributed by atoms with Crippen molar-refractivity contribution in [1.82, 2.24) is 0 Å². The lowest BCUT2D eigenvalue weighted by atomic mass is 10.0. The van der Waals surface area contributed by atoms with Crippen LogP contribution in [0.3, 0.4) is 0 Å². The topological polar surface area (TPSA) is 50.4 Å². The number of hydrogen-bond donors (Lipinski definition) is 1. The van der Waals surface area contributed by atoms with Crippen molar-refractivity contribution in [3.63, 3.8) is 0 Å². The molecule has 0 saturated heterocycles. The Morgan fingerprint density at radius 1 is 1.11 bits per heavy atom. The molecule has 0 unspecified atom stereocenters. The largest absolute Gasteiger partial charge is 0.508 e. The monoisotopic (exact) mass is 260 g/mol. The molecule has 0 aliphatic heterocycles. The Hall–Kier alpha value is -1.77. The van der Waals surface area contributed by atoms with Crippen LogP contribution in [-0.2, 0) is 6.42 Å². The van der Waals surface area contributed by atoms with Crippen LogP contribution in [0, 0.1) is 0 Å².